The van der Waals surface area contributed by atoms with Crippen molar-refractivity contribution in [3.63, 3.8) is 0 Å². The van der Waals surface area contributed by atoms with Crippen LogP contribution in [0.3, 0.4) is 0 Å². The van der Waals surface area contributed by atoms with Gasteiger partial charge in [0.25, 0.3) is 0 Å². The molecule has 0 amide bonds. The van der Waals surface area contributed by atoms with E-state index in [2.05, 4.69) is 29.0 Å². The molecule has 0 aliphatic heterocycles. The maximum absolute atomic E-state index is 10.2. The van der Waals surface area contributed by atoms with Gasteiger partial charge in [-0.1, -0.05) is 36.9 Å². The zero-order chi connectivity index (χ0) is 19.6. The number of nitrogens with one attached hydrogen (secondary N) is 2. The molecule has 1 aromatic heterocycles. The second-order valence-corrected chi connectivity index (χ2v) is 7.89. The average molecular weight is 364 g/mol. The van der Waals surface area contributed by atoms with Gasteiger partial charge in [-0.3, -0.25) is 5.32 Å². The van der Waals surface area contributed by atoms with Crippen LogP contribution in [0.25, 0.3) is 16.5 Å². The van der Waals surface area contributed by atoms with Crippen LogP contribution in [0.2, 0.25) is 0 Å². The van der Waals surface area contributed by atoms with Gasteiger partial charge in [-0.25, -0.2) is 0 Å². The molecule has 1 heterocycles. The summed E-state index contributed by atoms with van der Waals surface area (Å²) < 4.78 is 6.19. The molecule has 4 heteroatoms. The Bertz CT molecular complexity index is 935. The molecule has 0 saturated heterocycles. The first kappa shape index (κ1) is 19.2. The van der Waals surface area contributed by atoms with Crippen LogP contribution in [0.5, 0.6) is 5.75 Å². The quantitative estimate of drug-likeness (QED) is 0.556. The zero-order valence-corrected chi connectivity index (χ0v) is 16.4. The summed E-state index contributed by atoms with van der Waals surface area (Å²) in [4.78, 5) is 3.24. The van der Waals surface area contributed by atoms with E-state index in [-0.39, 0.29) is 5.54 Å². The highest BCUT2D eigenvalue weighted by molar-refractivity contribution is 5.96. The molecule has 0 aliphatic rings. The van der Waals surface area contributed by atoms with Gasteiger partial charge in [0.05, 0.1) is 0 Å². The number of aliphatic hydroxyl groups is 1. The van der Waals surface area contributed by atoms with E-state index in [1.165, 1.54) is 0 Å². The van der Waals surface area contributed by atoms with Crippen molar-refractivity contribution in [3.8, 4) is 5.75 Å². The predicted molar refractivity (Wildman–Crippen MR) is 112 cm³/mol. The summed E-state index contributed by atoms with van der Waals surface area (Å²) in [5.41, 5.74) is 3.73. The highest BCUT2D eigenvalue weighted by atomic mass is 16.5. The van der Waals surface area contributed by atoms with Crippen molar-refractivity contribution in [2.75, 3.05) is 0 Å². The summed E-state index contributed by atoms with van der Waals surface area (Å²) in [6.45, 7) is 12.2. The van der Waals surface area contributed by atoms with Crippen LogP contribution in [-0.4, -0.2) is 28.0 Å². The summed E-state index contributed by atoms with van der Waals surface area (Å²) in [5, 5.41) is 14.6. The highest BCUT2D eigenvalue weighted by Crippen LogP contribution is 2.34. The Balaban J connectivity index is 1.96. The number of fused-ring (bicyclic) bond motifs is 1. The molecule has 3 aromatic rings. The fraction of sp³-hybridized carbons (Fsp3) is 0.304. The smallest absolute Gasteiger partial charge is 0.176 e. The number of aromatic amines is 1. The third kappa shape index (κ3) is 4.41. The Morgan fingerprint density at radius 1 is 1.07 bits per heavy atom. The molecule has 2 atom stereocenters. The number of hydrogen-bond acceptors (Lipinski definition) is 3. The summed E-state index contributed by atoms with van der Waals surface area (Å²) >= 11 is 0. The van der Waals surface area contributed by atoms with E-state index in [9.17, 15) is 5.11 Å². The van der Waals surface area contributed by atoms with Gasteiger partial charge >= 0.3 is 0 Å². The molecule has 27 heavy (non-hydrogen) atoms. The lowest BCUT2D eigenvalue weighted by atomic mass is 9.96. The molecule has 142 valence electrons. The molecule has 3 rings (SSSR count). The van der Waals surface area contributed by atoms with Crippen LogP contribution in [-0.2, 0) is 0 Å². The van der Waals surface area contributed by atoms with Crippen molar-refractivity contribution in [3.05, 3.63) is 72.4 Å². The largest absolute Gasteiger partial charge is 0.472 e. The predicted octanol–water partition coefficient (Wildman–Crippen LogP) is 4.70. The van der Waals surface area contributed by atoms with Crippen LogP contribution in [0.1, 0.15) is 38.8 Å². The minimum absolute atomic E-state index is 0.190. The molecule has 0 spiro atoms. The fourth-order valence-corrected chi connectivity index (χ4v) is 3.12. The summed E-state index contributed by atoms with van der Waals surface area (Å²) in [5.74, 6) is 0.692. The first-order valence-corrected chi connectivity index (χ1v) is 9.23. The molecule has 0 fully saturated rings. The van der Waals surface area contributed by atoms with E-state index in [0.717, 1.165) is 27.6 Å². The molecular formula is C23H28N2O2. The fourth-order valence-electron chi connectivity index (χ4n) is 3.12. The maximum atomic E-state index is 10.2. The lowest BCUT2D eigenvalue weighted by Crippen LogP contribution is -2.51. The van der Waals surface area contributed by atoms with Crippen LogP contribution in [0.4, 0.5) is 0 Å². The zero-order valence-electron chi connectivity index (χ0n) is 16.4. The van der Waals surface area contributed by atoms with E-state index in [4.69, 9.17) is 4.74 Å². The van der Waals surface area contributed by atoms with Crippen molar-refractivity contribution in [2.45, 2.75) is 45.6 Å². The van der Waals surface area contributed by atoms with Crippen molar-refractivity contribution in [1.82, 2.24) is 10.3 Å². The molecule has 0 aliphatic carbocycles. The van der Waals surface area contributed by atoms with Crippen molar-refractivity contribution in [2.24, 2.45) is 0 Å². The van der Waals surface area contributed by atoms with Gasteiger partial charge < -0.3 is 14.8 Å². The number of rotatable bonds is 6. The second-order valence-electron chi connectivity index (χ2n) is 7.89. The Hall–Kier alpha value is -2.56. The SMILES string of the molecule is C=C(c1ccccc1OC(NC(C)(C)C)C(C)O)c1cccc2[nH]ccc12. The number of H-pyrrole nitrogens is 1. The second kappa shape index (κ2) is 7.59. The monoisotopic (exact) mass is 364 g/mol. The third-order valence-electron chi connectivity index (χ3n) is 4.40. The first-order valence-electron chi connectivity index (χ1n) is 9.23. The van der Waals surface area contributed by atoms with Gasteiger partial charge in [0.2, 0.25) is 0 Å². The van der Waals surface area contributed by atoms with E-state index in [0.29, 0.717) is 5.75 Å². The van der Waals surface area contributed by atoms with Crippen molar-refractivity contribution < 1.29 is 9.84 Å². The molecule has 3 N–H and O–H groups in total. The molecule has 0 bridgehead atoms. The van der Waals surface area contributed by atoms with Gasteiger partial charge in [0.1, 0.15) is 11.9 Å². The highest BCUT2D eigenvalue weighted by Gasteiger charge is 2.24. The third-order valence-corrected chi connectivity index (χ3v) is 4.40. The molecular weight excluding hydrogens is 336 g/mol. The van der Waals surface area contributed by atoms with Gasteiger partial charge in [-0.2, -0.15) is 0 Å². The van der Waals surface area contributed by atoms with Gasteiger partial charge in [-0.15, -0.1) is 0 Å². The Labute approximate surface area is 160 Å². The average Bonchev–Trinajstić information content (AvgIpc) is 3.08. The van der Waals surface area contributed by atoms with Gasteiger partial charge in [0.15, 0.2) is 6.23 Å². The molecule has 0 radical (unpaired) electrons. The normalized spacial score (nSPS) is 14.1. The first-order chi connectivity index (χ1) is 12.8. The number of para-hydroxylation sites is 1. The van der Waals surface area contributed by atoms with Crippen LogP contribution in [0, 0.1) is 0 Å². The van der Waals surface area contributed by atoms with Crippen LogP contribution >= 0.6 is 0 Å². The number of ether oxygens (including phenoxy) is 1. The van der Waals surface area contributed by atoms with Crippen molar-refractivity contribution >= 4 is 16.5 Å². The number of benzene rings is 2. The minimum atomic E-state index is -0.668. The Morgan fingerprint density at radius 2 is 1.78 bits per heavy atom. The molecule has 2 aromatic carbocycles. The van der Waals surface area contributed by atoms with Crippen LogP contribution < -0.4 is 10.1 Å². The number of hydrogen-bond donors (Lipinski definition) is 3. The van der Waals surface area contributed by atoms with Crippen molar-refractivity contribution in [1.29, 1.82) is 0 Å². The van der Waals surface area contributed by atoms with E-state index < -0.39 is 12.3 Å². The minimum Gasteiger partial charge on any atom is -0.472 e. The standard InChI is InChI=1S/C23H28N2O2/c1-15(17-10-8-11-20-19(17)13-14-24-20)18-9-6-7-12-21(18)27-22(16(2)26)25-23(3,4)5/h6-14,16,22,24-26H,1H2,2-5H3. The van der Waals surface area contributed by atoms with E-state index in [1.54, 1.807) is 6.92 Å². The molecule has 4 nitrogen and oxygen atoms in total. The molecule has 2 unspecified atom stereocenters. The number of aromatic nitrogens is 1. The van der Waals surface area contributed by atoms with E-state index in [1.807, 2.05) is 63.4 Å². The maximum Gasteiger partial charge on any atom is 0.176 e. The van der Waals surface area contributed by atoms with Crippen LogP contribution in [0.15, 0.2) is 61.3 Å². The molecule has 0 saturated carbocycles. The number of aliphatic hydroxyl groups excluding tert-OH is 1. The van der Waals surface area contributed by atoms with Gasteiger partial charge in [-0.05, 0) is 57.0 Å². The topological polar surface area (TPSA) is 57.3 Å². The lowest BCUT2D eigenvalue weighted by Gasteiger charge is -2.31. The summed E-state index contributed by atoms with van der Waals surface area (Å²) in [6, 6.07) is 16.0. The van der Waals surface area contributed by atoms with E-state index >= 15 is 0 Å². The Kier molecular flexibility index (Phi) is 5.40. The van der Waals surface area contributed by atoms with Gasteiger partial charge in [0, 0.05) is 28.2 Å². The summed E-state index contributed by atoms with van der Waals surface area (Å²) in [6.07, 6.45) is 0.737. The Morgan fingerprint density at radius 3 is 2.48 bits per heavy atom. The lowest BCUT2D eigenvalue weighted by molar-refractivity contribution is 0.0111. The summed E-state index contributed by atoms with van der Waals surface area (Å²) in [7, 11) is 0.